The van der Waals surface area contributed by atoms with Crippen LogP contribution in [0.15, 0.2) is 0 Å². The molecule has 1 rings (SSSR count). The molecule has 1 heterocycles. The van der Waals surface area contributed by atoms with Gasteiger partial charge in [0.2, 0.25) is 5.91 Å². The zero-order valence-electron chi connectivity index (χ0n) is 11.7. The van der Waals surface area contributed by atoms with Gasteiger partial charge in [0.25, 0.3) is 0 Å². The largest absolute Gasteiger partial charge is 0.353 e. The lowest BCUT2D eigenvalue weighted by Crippen LogP contribution is -2.43. The predicted octanol–water partition coefficient (Wildman–Crippen LogP) is 2.41. The normalized spacial score (nSPS) is 20.2. The van der Waals surface area contributed by atoms with Gasteiger partial charge in [0.15, 0.2) is 0 Å². The van der Waals surface area contributed by atoms with Crippen LogP contribution in [-0.4, -0.2) is 37.0 Å². The van der Waals surface area contributed by atoms with Crippen molar-refractivity contribution in [2.75, 3.05) is 20.1 Å². The van der Waals surface area contributed by atoms with E-state index in [9.17, 15) is 4.79 Å². The first-order valence-electron chi connectivity index (χ1n) is 7.09. The molecule has 0 spiro atoms. The van der Waals surface area contributed by atoms with Gasteiger partial charge in [-0.25, -0.2) is 0 Å². The van der Waals surface area contributed by atoms with Crippen LogP contribution in [0.2, 0.25) is 0 Å². The summed E-state index contributed by atoms with van der Waals surface area (Å²) in [4.78, 5) is 14.2. The Kier molecular flexibility index (Phi) is 6.56. The first-order valence-corrected chi connectivity index (χ1v) is 7.09. The predicted molar refractivity (Wildman–Crippen MR) is 72.0 cm³/mol. The van der Waals surface area contributed by atoms with E-state index in [2.05, 4.69) is 31.1 Å². The monoisotopic (exact) mass is 240 g/mol. The van der Waals surface area contributed by atoms with Gasteiger partial charge < -0.3 is 10.2 Å². The van der Waals surface area contributed by atoms with E-state index in [0.717, 1.165) is 25.9 Å². The number of hydrogen-bond acceptors (Lipinski definition) is 2. The van der Waals surface area contributed by atoms with Crippen LogP contribution in [0, 0.1) is 5.92 Å². The van der Waals surface area contributed by atoms with Crippen molar-refractivity contribution in [3.8, 4) is 0 Å². The summed E-state index contributed by atoms with van der Waals surface area (Å²) in [6.07, 6.45) is 6.55. The number of likely N-dealkylation sites (tertiary alicyclic amines) is 1. The Morgan fingerprint density at radius 2 is 2.06 bits per heavy atom. The summed E-state index contributed by atoms with van der Waals surface area (Å²) >= 11 is 0. The van der Waals surface area contributed by atoms with Crippen molar-refractivity contribution in [2.24, 2.45) is 5.92 Å². The second kappa shape index (κ2) is 7.70. The van der Waals surface area contributed by atoms with Gasteiger partial charge in [0, 0.05) is 12.5 Å². The van der Waals surface area contributed by atoms with Gasteiger partial charge in [-0.05, 0) is 38.9 Å². The van der Waals surface area contributed by atoms with E-state index in [0.29, 0.717) is 18.4 Å². The van der Waals surface area contributed by atoms with Gasteiger partial charge >= 0.3 is 0 Å². The minimum atomic E-state index is 0.253. The molecule has 100 valence electrons. The second-order valence-electron chi connectivity index (χ2n) is 5.60. The van der Waals surface area contributed by atoms with Gasteiger partial charge in [-0.3, -0.25) is 4.79 Å². The van der Waals surface area contributed by atoms with E-state index in [4.69, 9.17) is 0 Å². The lowest BCUT2D eigenvalue weighted by atomic mass is 9.99. The third-order valence-electron chi connectivity index (χ3n) is 3.67. The molecule has 1 aliphatic rings. The fourth-order valence-electron chi connectivity index (χ4n) is 2.41. The van der Waals surface area contributed by atoms with Crippen LogP contribution in [0.1, 0.15) is 52.4 Å². The highest BCUT2D eigenvalue weighted by molar-refractivity contribution is 5.76. The van der Waals surface area contributed by atoms with Crippen LogP contribution >= 0.6 is 0 Å². The van der Waals surface area contributed by atoms with Gasteiger partial charge in [-0.15, -0.1) is 0 Å². The van der Waals surface area contributed by atoms with Gasteiger partial charge in [-0.1, -0.05) is 33.1 Å². The number of nitrogens with zero attached hydrogens (tertiary/aromatic N) is 1. The van der Waals surface area contributed by atoms with E-state index in [1.807, 2.05) is 0 Å². The zero-order chi connectivity index (χ0) is 12.7. The van der Waals surface area contributed by atoms with Crippen molar-refractivity contribution in [1.29, 1.82) is 0 Å². The van der Waals surface area contributed by atoms with Crippen molar-refractivity contribution in [3.63, 3.8) is 0 Å². The molecule has 1 atom stereocenters. The molecule has 1 amide bonds. The Bertz CT molecular complexity index is 222. The molecule has 1 aliphatic heterocycles. The molecule has 0 radical (unpaired) electrons. The second-order valence-corrected chi connectivity index (χ2v) is 5.60. The number of piperidine rings is 1. The topological polar surface area (TPSA) is 32.3 Å². The molecule has 3 nitrogen and oxygen atoms in total. The standard InChI is InChI=1S/C14H28N2O/c1-4-5-6-12(2)11-14(17)15-13-7-9-16(3)10-8-13/h12-13H,4-11H2,1-3H3,(H,15,17). The molecular weight excluding hydrogens is 212 g/mol. The molecule has 0 saturated carbocycles. The van der Waals surface area contributed by atoms with Crippen LogP contribution < -0.4 is 5.32 Å². The Hall–Kier alpha value is -0.570. The first kappa shape index (κ1) is 14.5. The molecule has 0 bridgehead atoms. The minimum Gasteiger partial charge on any atom is -0.353 e. The van der Waals surface area contributed by atoms with Gasteiger partial charge in [0.1, 0.15) is 0 Å². The highest BCUT2D eigenvalue weighted by Gasteiger charge is 2.19. The number of hydrogen-bond donors (Lipinski definition) is 1. The quantitative estimate of drug-likeness (QED) is 0.773. The molecule has 1 saturated heterocycles. The molecule has 0 aromatic carbocycles. The van der Waals surface area contributed by atoms with E-state index < -0.39 is 0 Å². The summed E-state index contributed by atoms with van der Waals surface area (Å²) in [7, 11) is 2.14. The van der Waals surface area contributed by atoms with Crippen molar-refractivity contribution in [1.82, 2.24) is 10.2 Å². The van der Waals surface area contributed by atoms with Crippen LogP contribution in [0.5, 0.6) is 0 Å². The molecule has 0 aromatic rings. The Labute approximate surface area is 106 Å². The van der Waals surface area contributed by atoms with Crippen LogP contribution in [0.25, 0.3) is 0 Å². The van der Waals surface area contributed by atoms with Crippen molar-refractivity contribution < 1.29 is 4.79 Å². The highest BCUT2D eigenvalue weighted by Crippen LogP contribution is 2.13. The first-order chi connectivity index (χ1) is 8.11. The molecule has 0 aliphatic carbocycles. The summed E-state index contributed by atoms with van der Waals surface area (Å²) in [6.45, 7) is 6.60. The lowest BCUT2D eigenvalue weighted by Gasteiger charge is -2.29. The van der Waals surface area contributed by atoms with Crippen LogP contribution in [-0.2, 0) is 4.79 Å². The van der Waals surface area contributed by atoms with E-state index in [1.165, 1.54) is 19.3 Å². The number of carbonyl (C=O) groups excluding carboxylic acids is 1. The van der Waals surface area contributed by atoms with Crippen molar-refractivity contribution in [2.45, 2.75) is 58.4 Å². The Morgan fingerprint density at radius 1 is 1.41 bits per heavy atom. The molecule has 1 fully saturated rings. The SMILES string of the molecule is CCCCC(C)CC(=O)NC1CCN(C)CC1. The zero-order valence-corrected chi connectivity index (χ0v) is 11.7. The third kappa shape index (κ3) is 6.06. The van der Waals surface area contributed by atoms with Crippen LogP contribution in [0.4, 0.5) is 0 Å². The number of unbranched alkanes of at least 4 members (excludes halogenated alkanes) is 1. The summed E-state index contributed by atoms with van der Waals surface area (Å²) in [5, 5.41) is 3.18. The summed E-state index contributed by atoms with van der Waals surface area (Å²) in [5.74, 6) is 0.782. The van der Waals surface area contributed by atoms with E-state index in [1.54, 1.807) is 0 Å². The fourth-order valence-corrected chi connectivity index (χ4v) is 2.41. The van der Waals surface area contributed by atoms with Crippen molar-refractivity contribution in [3.05, 3.63) is 0 Å². The maximum atomic E-state index is 11.8. The average molecular weight is 240 g/mol. The minimum absolute atomic E-state index is 0.253. The Balaban J connectivity index is 2.16. The fraction of sp³-hybridized carbons (Fsp3) is 0.929. The maximum Gasteiger partial charge on any atom is 0.220 e. The molecule has 1 N–H and O–H groups in total. The highest BCUT2D eigenvalue weighted by atomic mass is 16.1. The summed E-state index contributed by atoms with van der Waals surface area (Å²) in [6, 6.07) is 0.414. The summed E-state index contributed by atoms with van der Waals surface area (Å²) < 4.78 is 0. The van der Waals surface area contributed by atoms with Crippen molar-refractivity contribution >= 4 is 5.91 Å². The van der Waals surface area contributed by atoms with E-state index in [-0.39, 0.29) is 5.91 Å². The summed E-state index contributed by atoms with van der Waals surface area (Å²) in [5.41, 5.74) is 0. The Morgan fingerprint density at radius 3 is 2.65 bits per heavy atom. The number of amides is 1. The molecule has 17 heavy (non-hydrogen) atoms. The maximum absolute atomic E-state index is 11.8. The smallest absolute Gasteiger partial charge is 0.220 e. The molecule has 0 aromatic heterocycles. The third-order valence-corrected chi connectivity index (χ3v) is 3.67. The van der Waals surface area contributed by atoms with E-state index >= 15 is 0 Å². The number of nitrogens with one attached hydrogen (secondary N) is 1. The number of rotatable bonds is 6. The molecule has 3 heteroatoms. The average Bonchev–Trinajstić information content (AvgIpc) is 2.29. The molecule has 1 unspecified atom stereocenters. The molecular formula is C14H28N2O. The number of carbonyl (C=O) groups is 1. The van der Waals surface area contributed by atoms with Gasteiger partial charge in [-0.2, -0.15) is 0 Å². The van der Waals surface area contributed by atoms with Crippen LogP contribution in [0.3, 0.4) is 0 Å². The van der Waals surface area contributed by atoms with Gasteiger partial charge in [0.05, 0.1) is 0 Å². The lowest BCUT2D eigenvalue weighted by molar-refractivity contribution is -0.122.